The second-order valence-corrected chi connectivity index (χ2v) is 8.44. The number of aryl methyl sites for hydroxylation is 1. The molecule has 0 bridgehead atoms. The van der Waals surface area contributed by atoms with Crippen LogP contribution in [0.4, 0.5) is 17.1 Å². The molecule has 0 spiro atoms. The number of fused-ring (bicyclic) bond motifs is 1. The summed E-state index contributed by atoms with van der Waals surface area (Å²) in [5, 5.41) is 5.70. The van der Waals surface area contributed by atoms with Crippen molar-refractivity contribution >= 4 is 50.7 Å². The zero-order valence-electron chi connectivity index (χ0n) is 17.2. The molecule has 30 heavy (non-hydrogen) atoms. The Morgan fingerprint density at radius 3 is 2.70 bits per heavy atom. The third-order valence-corrected chi connectivity index (χ3v) is 5.50. The van der Waals surface area contributed by atoms with Crippen molar-refractivity contribution in [2.24, 2.45) is 0 Å². The Labute approximate surface area is 184 Å². The first-order valence-electron chi connectivity index (χ1n) is 9.70. The summed E-state index contributed by atoms with van der Waals surface area (Å²) in [4.78, 5) is 40.9. The van der Waals surface area contributed by atoms with Gasteiger partial charge in [0.05, 0.1) is 30.2 Å². The molecular weight excluding hydrogens is 448 g/mol. The molecular formula is C22H25BrN4O3. The van der Waals surface area contributed by atoms with Gasteiger partial charge in [0.2, 0.25) is 17.7 Å². The first-order valence-corrected chi connectivity index (χ1v) is 10.5. The number of carbonyl (C=O) groups is 3. The average Bonchev–Trinajstić information content (AvgIpc) is 2.77. The minimum Gasteiger partial charge on any atom is -0.324 e. The SMILES string of the molecule is Cc1ccc(NC(=O)CN(C)CC(=O)N2c3ccccc3NC(=O)C[C@@H]2C)c(Br)c1. The van der Waals surface area contributed by atoms with Gasteiger partial charge in [-0.3, -0.25) is 19.3 Å². The summed E-state index contributed by atoms with van der Waals surface area (Å²) < 4.78 is 0.807. The van der Waals surface area contributed by atoms with Crippen LogP contribution in [0.15, 0.2) is 46.9 Å². The van der Waals surface area contributed by atoms with Gasteiger partial charge >= 0.3 is 0 Å². The highest BCUT2D eigenvalue weighted by atomic mass is 79.9. The summed E-state index contributed by atoms with van der Waals surface area (Å²) in [6.07, 6.45) is 0.214. The number of hydrogen-bond acceptors (Lipinski definition) is 4. The van der Waals surface area contributed by atoms with E-state index >= 15 is 0 Å². The Balaban J connectivity index is 1.66. The van der Waals surface area contributed by atoms with Crippen molar-refractivity contribution in [3.05, 3.63) is 52.5 Å². The van der Waals surface area contributed by atoms with Crippen LogP contribution in [0.1, 0.15) is 18.9 Å². The molecule has 1 heterocycles. The minimum atomic E-state index is -0.285. The third-order valence-electron chi connectivity index (χ3n) is 4.85. The third kappa shape index (κ3) is 5.25. The van der Waals surface area contributed by atoms with Crippen molar-refractivity contribution in [2.75, 3.05) is 35.7 Å². The van der Waals surface area contributed by atoms with Gasteiger partial charge in [0.1, 0.15) is 0 Å². The van der Waals surface area contributed by atoms with Crippen LogP contribution in [0.5, 0.6) is 0 Å². The molecule has 2 N–H and O–H groups in total. The summed E-state index contributed by atoms with van der Waals surface area (Å²) in [6, 6.07) is 12.6. The summed E-state index contributed by atoms with van der Waals surface area (Å²) in [7, 11) is 1.72. The van der Waals surface area contributed by atoms with Crippen molar-refractivity contribution in [3.8, 4) is 0 Å². The molecule has 158 valence electrons. The first kappa shape index (κ1) is 22.0. The van der Waals surface area contributed by atoms with E-state index in [-0.39, 0.29) is 43.3 Å². The number of nitrogens with one attached hydrogen (secondary N) is 2. The predicted octanol–water partition coefficient (Wildman–Crippen LogP) is 3.39. The highest BCUT2D eigenvalue weighted by molar-refractivity contribution is 9.10. The standard InChI is InChI=1S/C22H25BrN4O3/c1-14-8-9-17(16(23)10-14)24-21(29)12-26(3)13-22(30)27-15(2)11-20(28)25-18-6-4-5-7-19(18)27/h4-10,15H,11-13H2,1-3H3,(H,24,29)(H,25,28)/t15-/m0/s1. The highest BCUT2D eigenvalue weighted by Crippen LogP contribution is 2.31. The van der Waals surface area contributed by atoms with Crippen molar-refractivity contribution < 1.29 is 14.4 Å². The number of amides is 3. The van der Waals surface area contributed by atoms with Crippen molar-refractivity contribution in [2.45, 2.75) is 26.3 Å². The number of nitrogens with zero attached hydrogens (tertiary/aromatic N) is 2. The molecule has 8 heteroatoms. The van der Waals surface area contributed by atoms with Gasteiger partial charge in [0.15, 0.2) is 0 Å². The fourth-order valence-corrected chi connectivity index (χ4v) is 4.08. The lowest BCUT2D eigenvalue weighted by Crippen LogP contribution is -2.45. The van der Waals surface area contributed by atoms with E-state index in [0.717, 1.165) is 10.0 Å². The van der Waals surface area contributed by atoms with Crippen LogP contribution in [0.2, 0.25) is 0 Å². The largest absolute Gasteiger partial charge is 0.324 e. The maximum absolute atomic E-state index is 13.1. The molecule has 3 rings (SSSR count). The number of carbonyl (C=O) groups excluding carboxylic acids is 3. The lowest BCUT2D eigenvalue weighted by atomic mass is 10.1. The number of para-hydroxylation sites is 2. The fourth-order valence-electron chi connectivity index (χ4n) is 3.49. The summed E-state index contributed by atoms with van der Waals surface area (Å²) in [6.45, 7) is 3.93. The van der Waals surface area contributed by atoms with Crippen LogP contribution >= 0.6 is 15.9 Å². The van der Waals surface area contributed by atoms with Gasteiger partial charge < -0.3 is 15.5 Å². The normalized spacial score (nSPS) is 16.0. The Morgan fingerprint density at radius 1 is 1.23 bits per heavy atom. The van der Waals surface area contributed by atoms with Gasteiger partial charge in [-0.25, -0.2) is 0 Å². The van der Waals surface area contributed by atoms with Crippen molar-refractivity contribution in [1.29, 1.82) is 0 Å². The Hall–Kier alpha value is -2.71. The molecule has 1 aliphatic rings. The van der Waals surface area contributed by atoms with Crippen LogP contribution < -0.4 is 15.5 Å². The van der Waals surface area contributed by atoms with Gasteiger partial charge in [-0.05, 0) is 66.7 Å². The Morgan fingerprint density at radius 2 is 1.97 bits per heavy atom. The van der Waals surface area contributed by atoms with Crippen LogP contribution in [0, 0.1) is 6.92 Å². The zero-order valence-corrected chi connectivity index (χ0v) is 18.8. The van der Waals surface area contributed by atoms with Gasteiger partial charge in [-0.2, -0.15) is 0 Å². The van der Waals surface area contributed by atoms with Crippen molar-refractivity contribution in [1.82, 2.24) is 4.90 Å². The fraction of sp³-hybridized carbons (Fsp3) is 0.318. The monoisotopic (exact) mass is 472 g/mol. The molecule has 2 aromatic carbocycles. The molecule has 7 nitrogen and oxygen atoms in total. The molecule has 0 aliphatic carbocycles. The van der Waals surface area contributed by atoms with E-state index in [1.165, 1.54) is 0 Å². The highest BCUT2D eigenvalue weighted by Gasteiger charge is 2.30. The number of halogens is 1. The predicted molar refractivity (Wildman–Crippen MR) is 122 cm³/mol. The Kier molecular flexibility index (Phi) is 6.89. The maximum Gasteiger partial charge on any atom is 0.241 e. The van der Waals surface area contributed by atoms with Crippen LogP contribution in [-0.4, -0.2) is 48.8 Å². The molecule has 0 aromatic heterocycles. The lowest BCUT2D eigenvalue weighted by molar-refractivity contribution is -0.121. The van der Waals surface area contributed by atoms with Gasteiger partial charge in [-0.1, -0.05) is 18.2 Å². The topological polar surface area (TPSA) is 81.8 Å². The molecule has 0 saturated carbocycles. The molecule has 0 radical (unpaired) electrons. The van der Waals surface area contributed by atoms with Gasteiger partial charge in [0, 0.05) is 16.9 Å². The quantitative estimate of drug-likeness (QED) is 0.698. The van der Waals surface area contributed by atoms with Crippen molar-refractivity contribution in [3.63, 3.8) is 0 Å². The van der Waals surface area contributed by atoms with E-state index in [9.17, 15) is 14.4 Å². The van der Waals surface area contributed by atoms with E-state index in [1.807, 2.05) is 50.2 Å². The zero-order chi connectivity index (χ0) is 21.8. The summed E-state index contributed by atoms with van der Waals surface area (Å²) >= 11 is 3.45. The van der Waals surface area contributed by atoms with E-state index in [4.69, 9.17) is 0 Å². The number of rotatable bonds is 5. The van der Waals surface area contributed by atoms with E-state index < -0.39 is 0 Å². The smallest absolute Gasteiger partial charge is 0.241 e. The molecule has 3 amide bonds. The molecule has 1 atom stereocenters. The number of benzene rings is 2. The minimum absolute atomic E-state index is 0.0509. The first-order chi connectivity index (χ1) is 14.2. The van der Waals surface area contributed by atoms with Crippen LogP contribution in [0.25, 0.3) is 0 Å². The number of anilines is 3. The van der Waals surface area contributed by atoms with Gasteiger partial charge in [-0.15, -0.1) is 0 Å². The maximum atomic E-state index is 13.1. The molecule has 2 aromatic rings. The van der Waals surface area contributed by atoms with E-state index in [1.54, 1.807) is 22.9 Å². The van der Waals surface area contributed by atoms with E-state index in [2.05, 4.69) is 26.6 Å². The summed E-state index contributed by atoms with van der Waals surface area (Å²) in [5.74, 6) is -0.504. The second-order valence-electron chi connectivity index (χ2n) is 7.59. The van der Waals surface area contributed by atoms with Crippen LogP contribution in [-0.2, 0) is 14.4 Å². The van der Waals surface area contributed by atoms with Crippen LogP contribution in [0.3, 0.4) is 0 Å². The second kappa shape index (κ2) is 9.40. The molecule has 0 unspecified atom stereocenters. The molecule has 0 saturated heterocycles. The number of hydrogen-bond donors (Lipinski definition) is 2. The summed E-state index contributed by atoms with van der Waals surface area (Å²) in [5.41, 5.74) is 3.06. The van der Waals surface area contributed by atoms with Gasteiger partial charge in [0.25, 0.3) is 0 Å². The molecule has 1 aliphatic heterocycles. The lowest BCUT2D eigenvalue weighted by Gasteiger charge is -2.29. The Bertz CT molecular complexity index is 979. The average molecular weight is 473 g/mol. The molecule has 0 fully saturated rings. The number of likely N-dealkylation sites (N-methyl/N-ethyl adjacent to an activating group) is 1. The van der Waals surface area contributed by atoms with E-state index in [0.29, 0.717) is 17.1 Å².